The SMILES string of the molecule is C[n+]1cnc2c(c1Cl)C(=O)N(c1cnc3c(ccn3C3CC3)c1)CCO2. The van der Waals surface area contributed by atoms with Crippen molar-refractivity contribution in [3.05, 3.63) is 41.6 Å². The Labute approximate surface area is 154 Å². The van der Waals surface area contributed by atoms with E-state index in [0.29, 0.717) is 24.3 Å². The molecule has 0 unspecified atom stereocenters. The number of ether oxygens (including phenoxy) is 1. The van der Waals surface area contributed by atoms with Crippen LogP contribution in [0.5, 0.6) is 5.88 Å². The molecule has 0 radical (unpaired) electrons. The molecule has 1 aliphatic carbocycles. The van der Waals surface area contributed by atoms with E-state index in [-0.39, 0.29) is 17.4 Å². The van der Waals surface area contributed by atoms with Crippen LogP contribution in [0.1, 0.15) is 29.2 Å². The van der Waals surface area contributed by atoms with Crippen LogP contribution in [0.25, 0.3) is 11.0 Å². The molecule has 0 aromatic carbocycles. The van der Waals surface area contributed by atoms with Crippen molar-refractivity contribution in [1.82, 2.24) is 14.5 Å². The van der Waals surface area contributed by atoms with Gasteiger partial charge in [-0.1, -0.05) is 0 Å². The minimum Gasteiger partial charge on any atom is -0.457 e. The molecule has 8 heteroatoms. The predicted molar refractivity (Wildman–Crippen MR) is 95.6 cm³/mol. The summed E-state index contributed by atoms with van der Waals surface area (Å²) in [4.78, 5) is 23.6. The van der Waals surface area contributed by atoms with Crippen LogP contribution in [0, 0.1) is 0 Å². The topological polar surface area (TPSA) is 64.1 Å². The fraction of sp³-hybridized carbons (Fsp3) is 0.333. The van der Waals surface area contributed by atoms with E-state index < -0.39 is 0 Å². The lowest BCUT2D eigenvalue weighted by Crippen LogP contribution is -2.36. The molecule has 0 bridgehead atoms. The third kappa shape index (κ3) is 2.34. The molecule has 3 aromatic rings. The summed E-state index contributed by atoms with van der Waals surface area (Å²) in [7, 11) is 1.74. The molecular weight excluding hydrogens is 354 g/mol. The van der Waals surface area contributed by atoms with Crippen molar-refractivity contribution >= 4 is 34.2 Å². The second-order valence-corrected chi connectivity index (χ2v) is 7.05. The van der Waals surface area contributed by atoms with E-state index in [0.717, 1.165) is 16.7 Å². The van der Waals surface area contributed by atoms with Gasteiger partial charge in [0, 0.05) is 17.6 Å². The van der Waals surface area contributed by atoms with Crippen LogP contribution in [0.2, 0.25) is 5.15 Å². The molecule has 0 N–H and O–H groups in total. The Morgan fingerprint density at radius 3 is 3.00 bits per heavy atom. The number of aryl methyl sites for hydroxylation is 1. The van der Waals surface area contributed by atoms with Crippen LogP contribution in [0.15, 0.2) is 30.9 Å². The summed E-state index contributed by atoms with van der Waals surface area (Å²) in [5, 5.41) is 1.33. The number of pyridine rings is 1. The van der Waals surface area contributed by atoms with Gasteiger partial charge in [-0.05, 0) is 41.6 Å². The first kappa shape index (κ1) is 15.6. The summed E-state index contributed by atoms with van der Waals surface area (Å²) in [5.41, 5.74) is 1.97. The van der Waals surface area contributed by atoms with Crippen molar-refractivity contribution in [2.75, 3.05) is 18.1 Å². The number of anilines is 1. The zero-order chi connectivity index (χ0) is 17.8. The van der Waals surface area contributed by atoms with Gasteiger partial charge in [0.2, 0.25) is 5.15 Å². The number of nitrogens with zero attached hydrogens (tertiary/aromatic N) is 5. The molecule has 1 aliphatic heterocycles. The number of carbonyl (C=O) groups is 1. The first-order chi connectivity index (χ1) is 12.6. The minimum absolute atomic E-state index is 0.228. The van der Waals surface area contributed by atoms with E-state index >= 15 is 0 Å². The first-order valence-electron chi connectivity index (χ1n) is 8.59. The molecule has 3 aromatic heterocycles. The average Bonchev–Trinajstić information content (AvgIpc) is 3.42. The van der Waals surface area contributed by atoms with E-state index in [1.165, 1.54) is 19.2 Å². The van der Waals surface area contributed by atoms with Crippen molar-refractivity contribution < 1.29 is 14.1 Å². The summed E-state index contributed by atoms with van der Waals surface area (Å²) < 4.78 is 9.45. The lowest BCUT2D eigenvalue weighted by Gasteiger charge is -2.19. The number of hydrogen-bond donors (Lipinski definition) is 0. The van der Waals surface area contributed by atoms with Crippen molar-refractivity contribution in [3.63, 3.8) is 0 Å². The van der Waals surface area contributed by atoms with E-state index in [9.17, 15) is 4.79 Å². The standard InChI is InChI=1S/C18H17ClN5O2/c1-22-10-21-17-14(15(22)19)18(25)24(6-7-26-17)13-8-11-4-5-23(12-2-3-12)16(11)20-9-13/h4-5,8-10,12H,2-3,6-7H2,1H3/q+1. The fourth-order valence-corrected chi connectivity index (χ4v) is 3.56. The van der Waals surface area contributed by atoms with Gasteiger partial charge in [0.1, 0.15) is 12.3 Å². The maximum atomic E-state index is 13.1. The highest BCUT2D eigenvalue weighted by Crippen LogP contribution is 2.38. The summed E-state index contributed by atoms with van der Waals surface area (Å²) in [5.74, 6) is 0.0449. The van der Waals surface area contributed by atoms with E-state index in [2.05, 4.69) is 20.7 Å². The third-order valence-electron chi connectivity index (χ3n) is 4.88. The van der Waals surface area contributed by atoms with Crippen LogP contribution in [-0.4, -0.2) is 33.6 Å². The molecule has 4 heterocycles. The molecule has 1 saturated carbocycles. The highest BCUT2D eigenvalue weighted by Gasteiger charge is 2.34. The van der Waals surface area contributed by atoms with Gasteiger partial charge in [0.15, 0.2) is 5.56 Å². The zero-order valence-electron chi connectivity index (χ0n) is 14.2. The molecule has 1 amide bonds. The highest BCUT2D eigenvalue weighted by molar-refractivity contribution is 6.33. The maximum Gasteiger partial charge on any atom is 0.346 e. The monoisotopic (exact) mass is 370 g/mol. The largest absolute Gasteiger partial charge is 0.457 e. The average molecular weight is 371 g/mol. The van der Waals surface area contributed by atoms with Gasteiger partial charge in [-0.3, -0.25) is 4.79 Å². The van der Waals surface area contributed by atoms with Gasteiger partial charge in [-0.15, -0.1) is 0 Å². The van der Waals surface area contributed by atoms with E-state index in [1.54, 1.807) is 22.7 Å². The van der Waals surface area contributed by atoms with Crippen molar-refractivity contribution in [3.8, 4) is 5.88 Å². The fourth-order valence-electron chi connectivity index (χ4n) is 3.35. The molecular formula is C18H17ClN5O2+. The predicted octanol–water partition coefficient (Wildman–Crippen LogP) is 2.28. The number of fused-ring (bicyclic) bond motifs is 2. The Morgan fingerprint density at radius 1 is 1.35 bits per heavy atom. The molecule has 0 spiro atoms. The van der Waals surface area contributed by atoms with Gasteiger partial charge in [0.25, 0.3) is 12.2 Å². The Morgan fingerprint density at radius 2 is 2.19 bits per heavy atom. The second kappa shape index (κ2) is 5.67. The van der Waals surface area contributed by atoms with Crippen molar-refractivity contribution in [2.45, 2.75) is 18.9 Å². The van der Waals surface area contributed by atoms with E-state index in [1.807, 2.05) is 12.1 Å². The van der Waals surface area contributed by atoms with Gasteiger partial charge in [-0.2, -0.15) is 0 Å². The van der Waals surface area contributed by atoms with Crippen LogP contribution in [0.3, 0.4) is 0 Å². The van der Waals surface area contributed by atoms with E-state index in [4.69, 9.17) is 16.3 Å². The molecule has 0 saturated heterocycles. The molecule has 2 aliphatic rings. The van der Waals surface area contributed by atoms with Gasteiger partial charge in [0.05, 0.1) is 25.5 Å². The number of halogens is 1. The van der Waals surface area contributed by atoms with Crippen molar-refractivity contribution in [1.29, 1.82) is 0 Å². The smallest absolute Gasteiger partial charge is 0.346 e. The minimum atomic E-state index is -0.228. The zero-order valence-corrected chi connectivity index (χ0v) is 15.0. The summed E-state index contributed by atoms with van der Waals surface area (Å²) in [6.45, 7) is 0.753. The number of amides is 1. The van der Waals surface area contributed by atoms with Gasteiger partial charge in [-0.25, -0.2) is 9.55 Å². The van der Waals surface area contributed by atoms with Crippen LogP contribution < -0.4 is 14.2 Å². The summed E-state index contributed by atoms with van der Waals surface area (Å²) in [6, 6.07) is 4.61. The summed E-state index contributed by atoms with van der Waals surface area (Å²) in [6.07, 6.45) is 7.76. The normalized spacial score (nSPS) is 17.2. The number of rotatable bonds is 2. The Kier molecular flexibility index (Phi) is 3.40. The number of aromatic nitrogens is 4. The number of hydrogen-bond acceptors (Lipinski definition) is 4. The summed E-state index contributed by atoms with van der Waals surface area (Å²) >= 11 is 6.35. The molecule has 7 nitrogen and oxygen atoms in total. The van der Waals surface area contributed by atoms with Crippen LogP contribution in [-0.2, 0) is 7.05 Å². The van der Waals surface area contributed by atoms with Gasteiger partial charge < -0.3 is 14.2 Å². The maximum absolute atomic E-state index is 13.1. The van der Waals surface area contributed by atoms with Crippen molar-refractivity contribution in [2.24, 2.45) is 7.05 Å². The lowest BCUT2D eigenvalue weighted by molar-refractivity contribution is -0.672. The first-order valence-corrected chi connectivity index (χ1v) is 8.96. The molecule has 1 fully saturated rings. The van der Waals surface area contributed by atoms with Gasteiger partial charge >= 0.3 is 5.88 Å². The van der Waals surface area contributed by atoms with Crippen LogP contribution in [0.4, 0.5) is 5.69 Å². The molecule has 26 heavy (non-hydrogen) atoms. The molecule has 132 valence electrons. The Balaban J connectivity index is 1.58. The lowest BCUT2D eigenvalue weighted by atomic mass is 10.2. The molecule has 5 rings (SSSR count). The molecule has 0 atom stereocenters. The third-order valence-corrected chi connectivity index (χ3v) is 5.34. The quantitative estimate of drug-likeness (QED) is 0.513. The Hall–Kier alpha value is -2.67. The van der Waals surface area contributed by atoms with Crippen LogP contribution >= 0.6 is 11.6 Å². The second-order valence-electron chi connectivity index (χ2n) is 6.69. The Bertz CT molecular complexity index is 1040. The highest BCUT2D eigenvalue weighted by atomic mass is 35.5. The number of carbonyl (C=O) groups excluding carboxylic acids is 1.